The maximum Gasteiger partial charge on any atom is 0.419 e. The van der Waals surface area contributed by atoms with Crippen LogP contribution in [0.1, 0.15) is 5.56 Å². The van der Waals surface area contributed by atoms with E-state index in [0.717, 1.165) is 17.0 Å². The number of H-pyrrole nitrogens is 1. The second kappa shape index (κ2) is 7.02. The molecule has 3 aromatic rings. The molecule has 2 aromatic heterocycles. The molecule has 0 atom stereocenters. The second-order valence-electron chi connectivity index (χ2n) is 6.39. The largest absolute Gasteiger partial charge is 0.419 e. The van der Waals surface area contributed by atoms with Crippen LogP contribution in [0.4, 0.5) is 29.6 Å². The fourth-order valence-corrected chi connectivity index (χ4v) is 3.23. The van der Waals surface area contributed by atoms with Gasteiger partial charge in [0.1, 0.15) is 5.82 Å². The molecule has 0 bridgehead atoms. The summed E-state index contributed by atoms with van der Waals surface area (Å²) in [6.07, 6.45) is -3.13. The summed E-state index contributed by atoms with van der Waals surface area (Å²) in [5.74, 6) is 0.320. The van der Waals surface area contributed by atoms with Crippen LogP contribution in [0.2, 0.25) is 0 Å². The Morgan fingerprint density at radius 2 is 1.82 bits per heavy atom. The number of carbonyl (C=O) groups is 1. The van der Waals surface area contributed by atoms with Gasteiger partial charge in [0.05, 0.1) is 11.1 Å². The zero-order valence-corrected chi connectivity index (χ0v) is 14.7. The monoisotopic (exact) mass is 390 g/mol. The summed E-state index contributed by atoms with van der Waals surface area (Å²) in [7, 11) is 0. The number of benzene rings is 1. The van der Waals surface area contributed by atoms with Crippen LogP contribution in [0.15, 0.2) is 42.6 Å². The molecule has 146 valence electrons. The van der Waals surface area contributed by atoms with E-state index in [1.807, 2.05) is 24.3 Å². The summed E-state index contributed by atoms with van der Waals surface area (Å²) >= 11 is 0. The van der Waals surface area contributed by atoms with E-state index < -0.39 is 11.7 Å². The second-order valence-corrected chi connectivity index (χ2v) is 6.39. The number of amides is 2. The molecule has 0 radical (unpaired) electrons. The van der Waals surface area contributed by atoms with Crippen LogP contribution in [0.3, 0.4) is 0 Å². The fourth-order valence-electron chi connectivity index (χ4n) is 3.23. The smallest absolute Gasteiger partial charge is 0.353 e. The first kappa shape index (κ1) is 18.1. The first-order valence-electron chi connectivity index (χ1n) is 8.69. The van der Waals surface area contributed by atoms with Crippen molar-refractivity contribution in [3.63, 3.8) is 0 Å². The molecule has 0 aliphatic carbocycles. The zero-order valence-electron chi connectivity index (χ0n) is 14.7. The van der Waals surface area contributed by atoms with Crippen molar-refractivity contribution in [2.75, 3.05) is 36.4 Å². The molecule has 7 nitrogen and oxygen atoms in total. The van der Waals surface area contributed by atoms with E-state index in [1.165, 1.54) is 12.3 Å². The molecule has 1 fully saturated rings. The van der Waals surface area contributed by atoms with Gasteiger partial charge in [0.15, 0.2) is 5.82 Å². The number of nitrogens with zero attached hydrogens (tertiary/aromatic N) is 4. The summed E-state index contributed by atoms with van der Waals surface area (Å²) in [6.45, 7) is 1.08. The lowest BCUT2D eigenvalue weighted by atomic mass is 10.2. The quantitative estimate of drug-likeness (QED) is 0.704. The number of rotatable bonds is 2. The average Bonchev–Trinajstić information content (AvgIpc) is 3.10. The van der Waals surface area contributed by atoms with Crippen molar-refractivity contribution in [3.05, 3.63) is 48.2 Å². The minimum atomic E-state index is -4.47. The maximum atomic E-state index is 13.2. The van der Waals surface area contributed by atoms with Gasteiger partial charge < -0.3 is 9.80 Å². The van der Waals surface area contributed by atoms with E-state index in [1.54, 1.807) is 9.80 Å². The van der Waals surface area contributed by atoms with Crippen molar-refractivity contribution >= 4 is 28.6 Å². The number of alkyl halides is 3. The number of carbonyl (C=O) groups excluding carboxylic acids is 1. The summed E-state index contributed by atoms with van der Waals surface area (Å²) in [5.41, 5.74) is 0.0355. The van der Waals surface area contributed by atoms with Gasteiger partial charge in [-0.05, 0) is 24.3 Å². The molecule has 0 spiro atoms. The third-order valence-electron chi connectivity index (χ3n) is 4.65. The number of aromatic amines is 1. The highest BCUT2D eigenvalue weighted by Crippen LogP contribution is 2.35. The molecule has 28 heavy (non-hydrogen) atoms. The molecule has 4 rings (SSSR count). The Morgan fingerprint density at radius 3 is 2.57 bits per heavy atom. The van der Waals surface area contributed by atoms with E-state index in [4.69, 9.17) is 0 Å². The highest BCUT2D eigenvalue weighted by atomic mass is 19.4. The molecule has 1 saturated heterocycles. The van der Waals surface area contributed by atoms with E-state index >= 15 is 0 Å². The number of hydrogen-bond acceptors (Lipinski definition) is 4. The first-order chi connectivity index (χ1) is 13.4. The molecule has 1 aromatic carbocycles. The number of halogens is 3. The highest BCUT2D eigenvalue weighted by molar-refractivity contribution is 5.98. The van der Waals surface area contributed by atoms with E-state index in [-0.39, 0.29) is 38.0 Å². The minimum Gasteiger partial charge on any atom is -0.353 e. The van der Waals surface area contributed by atoms with Crippen molar-refractivity contribution in [1.29, 1.82) is 0 Å². The first-order valence-corrected chi connectivity index (χ1v) is 8.69. The van der Waals surface area contributed by atoms with Crippen LogP contribution in [0.25, 0.3) is 10.9 Å². The van der Waals surface area contributed by atoms with Crippen LogP contribution in [0, 0.1) is 0 Å². The molecule has 2 N–H and O–H groups in total. The Kier molecular flexibility index (Phi) is 4.54. The third kappa shape index (κ3) is 3.45. The number of urea groups is 1. The van der Waals surface area contributed by atoms with Crippen LogP contribution >= 0.6 is 0 Å². The molecule has 1 aliphatic heterocycles. The van der Waals surface area contributed by atoms with Gasteiger partial charge in [-0.3, -0.25) is 10.4 Å². The fraction of sp³-hybridized carbons (Fsp3) is 0.278. The van der Waals surface area contributed by atoms with Crippen LogP contribution in [-0.2, 0) is 6.18 Å². The number of aromatic nitrogens is 3. The molecule has 0 saturated carbocycles. The van der Waals surface area contributed by atoms with Gasteiger partial charge in [-0.25, -0.2) is 9.78 Å². The van der Waals surface area contributed by atoms with Crippen molar-refractivity contribution in [3.8, 4) is 0 Å². The Hall–Kier alpha value is -3.30. The van der Waals surface area contributed by atoms with Crippen LogP contribution in [0.5, 0.6) is 0 Å². The summed E-state index contributed by atoms with van der Waals surface area (Å²) in [5, 5.41) is 10.5. The van der Waals surface area contributed by atoms with E-state index in [0.29, 0.717) is 5.82 Å². The zero-order chi connectivity index (χ0) is 19.7. The third-order valence-corrected chi connectivity index (χ3v) is 4.65. The van der Waals surface area contributed by atoms with E-state index in [2.05, 4.69) is 20.5 Å². The van der Waals surface area contributed by atoms with Gasteiger partial charge in [0.25, 0.3) is 0 Å². The molecule has 2 amide bonds. The van der Waals surface area contributed by atoms with Gasteiger partial charge in [0, 0.05) is 37.8 Å². The maximum absolute atomic E-state index is 13.2. The van der Waals surface area contributed by atoms with E-state index in [9.17, 15) is 18.0 Å². The average molecular weight is 390 g/mol. The molecule has 1 aliphatic rings. The van der Waals surface area contributed by atoms with Crippen molar-refractivity contribution in [2.24, 2.45) is 0 Å². The lowest BCUT2D eigenvalue weighted by Crippen LogP contribution is -2.50. The number of anilines is 2. The molecular formula is C18H17F3N6O. The predicted molar refractivity (Wildman–Crippen MR) is 98.1 cm³/mol. The lowest BCUT2D eigenvalue weighted by molar-refractivity contribution is -0.137. The number of piperazine rings is 1. The number of fused-ring (bicyclic) bond motifs is 1. The topological polar surface area (TPSA) is 77.2 Å². The predicted octanol–water partition coefficient (Wildman–Crippen LogP) is 3.33. The molecule has 10 heteroatoms. The Balaban J connectivity index is 1.43. The van der Waals surface area contributed by atoms with Gasteiger partial charge in [-0.15, -0.1) is 0 Å². The number of pyridine rings is 1. The number of hydrogen-bond donors (Lipinski definition) is 2. The normalized spacial score (nSPS) is 15.1. The molecule has 0 unspecified atom stereocenters. The van der Waals surface area contributed by atoms with Crippen LogP contribution < -0.4 is 10.2 Å². The molecule has 3 heterocycles. The molecular weight excluding hydrogens is 373 g/mol. The summed E-state index contributed by atoms with van der Waals surface area (Å²) < 4.78 is 39.6. The van der Waals surface area contributed by atoms with Gasteiger partial charge in [-0.1, -0.05) is 12.1 Å². The van der Waals surface area contributed by atoms with Gasteiger partial charge in [-0.2, -0.15) is 18.3 Å². The standard InChI is InChI=1S/C18H17F3N6O/c19-18(20,21)13-5-3-7-22-16(13)26-8-10-27(11-9-26)17(28)23-15-12-4-1-2-6-14(12)24-25-15/h1-7H,8-11H2,(H2,23,24,25,28). The highest BCUT2D eigenvalue weighted by Gasteiger charge is 2.36. The SMILES string of the molecule is O=C(Nc1n[nH]c2ccccc12)N1CCN(c2ncccc2C(F)(F)F)CC1. The number of nitrogens with one attached hydrogen (secondary N) is 2. The van der Waals surface area contributed by atoms with Crippen molar-refractivity contribution in [2.45, 2.75) is 6.18 Å². The van der Waals surface area contributed by atoms with Crippen molar-refractivity contribution < 1.29 is 18.0 Å². The number of para-hydroxylation sites is 1. The summed E-state index contributed by atoms with van der Waals surface area (Å²) in [6, 6.07) is 9.34. The van der Waals surface area contributed by atoms with Crippen LogP contribution in [-0.4, -0.2) is 52.3 Å². The van der Waals surface area contributed by atoms with Gasteiger partial charge >= 0.3 is 12.2 Å². The van der Waals surface area contributed by atoms with Crippen molar-refractivity contribution in [1.82, 2.24) is 20.1 Å². The minimum absolute atomic E-state index is 0.103. The Bertz CT molecular complexity index is 994. The Labute approximate surface area is 158 Å². The van der Waals surface area contributed by atoms with Gasteiger partial charge in [0.2, 0.25) is 0 Å². The summed E-state index contributed by atoms with van der Waals surface area (Å²) in [4.78, 5) is 19.5. The Morgan fingerprint density at radius 1 is 1.07 bits per heavy atom. The lowest BCUT2D eigenvalue weighted by Gasteiger charge is -2.36.